The van der Waals surface area contributed by atoms with Gasteiger partial charge in [-0.1, -0.05) is 0 Å². The minimum absolute atomic E-state index is 0.306. The average Bonchev–Trinajstić information content (AvgIpc) is 2.61. The molecule has 0 fully saturated rings. The Kier molecular flexibility index (Phi) is 2.86. The summed E-state index contributed by atoms with van der Waals surface area (Å²) in [6.07, 6.45) is 2.62. The summed E-state index contributed by atoms with van der Waals surface area (Å²) in [6, 6.07) is 5.01. The number of benzene rings is 1. The number of fused-ring (bicyclic) bond motifs is 1. The fourth-order valence-corrected chi connectivity index (χ4v) is 2.02. The third-order valence-electron chi connectivity index (χ3n) is 2.35. The van der Waals surface area contributed by atoms with Gasteiger partial charge in [-0.2, -0.15) is 0 Å². The van der Waals surface area contributed by atoms with Crippen LogP contribution in [0.3, 0.4) is 0 Å². The highest BCUT2D eigenvalue weighted by molar-refractivity contribution is 7.79. The molecule has 0 bridgehead atoms. The Labute approximate surface area is 89.8 Å². The Hall–Kier alpha value is -1.17. The molecule has 0 aliphatic heterocycles. The van der Waals surface area contributed by atoms with Gasteiger partial charge in [-0.05, 0) is 47.8 Å². The van der Waals surface area contributed by atoms with Gasteiger partial charge >= 0.3 is 0 Å². The molecule has 2 rings (SSSR count). The van der Waals surface area contributed by atoms with Crippen molar-refractivity contribution in [2.75, 3.05) is 6.54 Å². The maximum Gasteiger partial charge on any atom is 0.0457 e. The van der Waals surface area contributed by atoms with Gasteiger partial charge in [-0.15, -0.1) is 0 Å². The van der Waals surface area contributed by atoms with Gasteiger partial charge in [0.15, 0.2) is 0 Å². The zero-order valence-electron chi connectivity index (χ0n) is 8.03. The van der Waals surface area contributed by atoms with Crippen molar-refractivity contribution in [3.05, 3.63) is 30.0 Å². The molecular formula is C10H11N2O2S-. The number of aromatic amines is 1. The molecule has 1 aromatic heterocycles. The van der Waals surface area contributed by atoms with E-state index in [1.54, 1.807) is 18.2 Å². The van der Waals surface area contributed by atoms with E-state index in [2.05, 4.69) is 4.98 Å². The van der Waals surface area contributed by atoms with Crippen LogP contribution >= 0.6 is 0 Å². The van der Waals surface area contributed by atoms with Crippen molar-refractivity contribution in [1.82, 2.24) is 4.98 Å². The number of rotatable bonds is 3. The molecule has 2 aromatic rings. The van der Waals surface area contributed by atoms with E-state index in [-0.39, 0.29) is 0 Å². The monoisotopic (exact) mass is 223 g/mol. The van der Waals surface area contributed by atoms with Gasteiger partial charge in [-0.3, -0.25) is 4.21 Å². The zero-order valence-corrected chi connectivity index (χ0v) is 8.84. The van der Waals surface area contributed by atoms with E-state index in [1.807, 2.05) is 6.20 Å². The summed E-state index contributed by atoms with van der Waals surface area (Å²) in [5, 5.41) is 0.933. The van der Waals surface area contributed by atoms with E-state index < -0.39 is 11.1 Å². The molecule has 1 aromatic carbocycles. The molecule has 5 heteroatoms. The Morgan fingerprint density at radius 1 is 1.47 bits per heavy atom. The molecular weight excluding hydrogens is 212 g/mol. The second kappa shape index (κ2) is 4.14. The fourth-order valence-electron chi connectivity index (χ4n) is 1.62. The molecule has 3 N–H and O–H groups in total. The maximum absolute atomic E-state index is 10.8. The van der Waals surface area contributed by atoms with Crippen LogP contribution in [-0.4, -0.2) is 20.3 Å². The lowest BCUT2D eigenvalue weighted by atomic mass is 10.1. The smallest absolute Gasteiger partial charge is 0.0457 e. The van der Waals surface area contributed by atoms with Crippen LogP contribution in [0.15, 0.2) is 29.3 Å². The Bertz CT molecular complexity index is 507. The van der Waals surface area contributed by atoms with Crippen LogP contribution in [0.25, 0.3) is 10.9 Å². The van der Waals surface area contributed by atoms with Crippen LogP contribution in [0.5, 0.6) is 0 Å². The normalized spacial score (nSPS) is 13.2. The molecule has 1 unspecified atom stereocenters. The molecule has 0 radical (unpaired) electrons. The van der Waals surface area contributed by atoms with Crippen molar-refractivity contribution < 1.29 is 8.76 Å². The fraction of sp³-hybridized carbons (Fsp3) is 0.200. The van der Waals surface area contributed by atoms with Crippen LogP contribution in [-0.2, 0) is 17.5 Å². The average molecular weight is 223 g/mol. The van der Waals surface area contributed by atoms with Gasteiger partial charge in [0.25, 0.3) is 0 Å². The van der Waals surface area contributed by atoms with E-state index in [1.165, 1.54) is 0 Å². The molecule has 0 spiro atoms. The Morgan fingerprint density at radius 2 is 2.27 bits per heavy atom. The highest BCUT2D eigenvalue weighted by Gasteiger charge is 2.03. The number of hydrogen-bond donors (Lipinski definition) is 2. The van der Waals surface area contributed by atoms with Crippen molar-refractivity contribution in [3.8, 4) is 0 Å². The number of H-pyrrole nitrogens is 1. The maximum atomic E-state index is 10.8. The van der Waals surface area contributed by atoms with Crippen LogP contribution in [0.2, 0.25) is 0 Å². The predicted octanol–water partition coefficient (Wildman–Crippen LogP) is 0.907. The third kappa shape index (κ3) is 1.94. The van der Waals surface area contributed by atoms with Gasteiger partial charge in [0.05, 0.1) is 0 Å². The summed E-state index contributed by atoms with van der Waals surface area (Å²) in [6.45, 7) is 0.553. The molecule has 80 valence electrons. The first kappa shape index (κ1) is 10.4. The van der Waals surface area contributed by atoms with Crippen molar-refractivity contribution in [2.45, 2.75) is 11.3 Å². The first-order valence-corrected chi connectivity index (χ1v) is 5.69. The summed E-state index contributed by atoms with van der Waals surface area (Å²) in [5.74, 6) is 0. The summed E-state index contributed by atoms with van der Waals surface area (Å²) in [7, 11) is 0. The molecule has 0 saturated carbocycles. The molecule has 15 heavy (non-hydrogen) atoms. The van der Waals surface area contributed by atoms with Crippen LogP contribution < -0.4 is 5.73 Å². The summed E-state index contributed by atoms with van der Waals surface area (Å²) < 4.78 is 21.6. The SMILES string of the molecule is NCCc1c[nH]c2ccc(S(=O)[O-])cc12. The van der Waals surface area contributed by atoms with Gasteiger partial charge in [0.2, 0.25) is 0 Å². The molecule has 0 amide bonds. The lowest BCUT2D eigenvalue weighted by Gasteiger charge is -2.05. The first-order chi connectivity index (χ1) is 7.22. The van der Waals surface area contributed by atoms with Crippen molar-refractivity contribution in [2.24, 2.45) is 5.73 Å². The number of aromatic nitrogens is 1. The molecule has 0 saturated heterocycles. The summed E-state index contributed by atoms with van der Waals surface area (Å²) in [4.78, 5) is 3.39. The molecule has 0 aliphatic rings. The van der Waals surface area contributed by atoms with Gasteiger partial charge < -0.3 is 15.3 Å². The number of hydrogen-bond acceptors (Lipinski definition) is 3. The minimum Gasteiger partial charge on any atom is -0.768 e. The van der Waals surface area contributed by atoms with Crippen molar-refractivity contribution in [1.29, 1.82) is 0 Å². The third-order valence-corrected chi connectivity index (χ3v) is 2.98. The van der Waals surface area contributed by atoms with E-state index in [0.717, 1.165) is 22.9 Å². The van der Waals surface area contributed by atoms with E-state index in [0.29, 0.717) is 11.4 Å². The minimum atomic E-state index is -2.18. The highest BCUT2D eigenvalue weighted by atomic mass is 32.2. The number of nitrogens with one attached hydrogen (secondary N) is 1. The molecule has 0 aliphatic carbocycles. The standard InChI is InChI=1S/C10H12N2O2S/c11-4-3-7-6-12-10-2-1-8(15(13)14)5-9(7)10/h1-2,5-6,12H,3-4,11H2,(H,13,14)/p-1. The number of nitrogens with two attached hydrogens (primary N) is 1. The van der Waals surface area contributed by atoms with Crippen molar-refractivity contribution in [3.63, 3.8) is 0 Å². The summed E-state index contributed by atoms with van der Waals surface area (Å²) >= 11 is -2.18. The Morgan fingerprint density at radius 3 is 2.93 bits per heavy atom. The second-order valence-corrected chi connectivity index (χ2v) is 4.24. The highest BCUT2D eigenvalue weighted by Crippen LogP contribution is 2.21. The molecule has 4 nitrogen and oxygen atoms in total. The largest absolute Gasteiger partial charge is 0.768 e. The zero-order chi connectivity index (χ0) is 10.8. The van der Waals surface area contributed by atoms with E-state index in [9.17, 15) is 8.76 Å². The lowest BCUT2D eigenvalue weighted by Crippen LogP contribution is -2.01. The summed E-state index contributed by atoms with van der Waals surface area (Å²) in [5.41, 5.74) is 7.47. The Balaban J connectivity index is 2.56. The second-order valence-electron chi connectivity index (χ2n) is 3.29. The quantitative estimate of drug-likeness (QED) is 0.759. The van der Waals surface area contributed by atoms with Crippen LogP contribution in [0.1, 0.15) is 5.56 Å². The van der Waals surface area contributed by atoms with Crippen molar-refractivity contribution >= 4 is 22.0 Å². The predicted molar refractivity (Wildman–Crippen MR) is 58.2 cm³/mol. The molecule has 1 atom stereocenters. The van der Waals surface area contributed by atoms with Crippen LogP contribution in [0, 0.1) is 0 Å². The van der Waals surface area contributed by atoms with Gasteiger partial charge in [0.1, 0.15) is 0 Å². The van der Waals surface area contributed by atoms with E-state index >= 15 is 0 Å². The van der Waals surface area contributed by atoms with Gasteiger partial charge in [-0.25, -0.2) is 0 Å². The lowest BCUT2D eigenvalue weighted by molar-refractivity contribution is 0.537. The topological polar surface area (TPSA) is 81.9 Å². The van der Waals surface area contributed by atoms with Crippen LogP contribution in [0.4, 0.5) is 0 Å². The van der Waals surface area contributed by atoms with Gasteiger partial charge in [0, 0.05) is 22.0 Å². The molecule has 1 heterocycles. The first-order valence-electron chi connectivity index (χ1n) is 4.61. The van der Waals surface area contributed by atoms with E-state index in [4.69, 9.17) is 5.73 Å².